The molecule has 0 saturated carbocycles. The van der Waals surface area contributed by atoms with Crippen LogP contribution in [0.3, 0.4) is 0 Å². The van der Waals surface area contributed by atoms with Crippen LogP contribution in [0, 0.1) is 5.82 Å². The maximum atomic E-state index is 13.6. The van der Waals surface area contributed by atoms with Crippen LogP contribution in [0.1, 0.15) is 10.4 Å². The van der Waals surface area contributed by atoms with Crippen LogP contribution in [-0.4, -0.2) is 26.5 Å². The second-order valence-corrected chi connectivity index (χ2v) is 4.46. The minimum atomic E-state index is -0.489. The van der Waals surface area contributed by atoms with Crippen LogP contribution in [0.4, 0.5) is 10.1 Å². The lowest BCUT2D eigenvalue weighted by Crippen LogP contribution is -2.26. The molecule has 0 spiro atoms. The summed E-state index contributed by atoms with van der Waals surface area (Å²) in [4.78, 5) is 13.9. The summed E-state index contributed by atoms with van der Waals surface area (Å²) < 4.78 is 18.7. The van der Waals surface area contributed by atoms with Crippen LogP contribution >= 0.6 is 0 Å². The van der Waals surface area contributed by atoms with Gasteiger partial charge in [0.05, 0.1) is 19.2 Å². The number of ketones is 1. The normalized spacial score (nSPS) is 10.2. The molecule has 0 fully saturated rings. The topological polar surface area (TPSA) is 29.5 Å². The fourth-order valence-electron chi connectivity index (χ4n) is 1.93. The summed E-state index contributed by atoms with van der Waals surface area (Å²) in [6.07, 6.45) is 0. The van der Waals surface area contributed by atoms with E-state index in [2.05, 4.69) is 0 Å². The van der Waals surface area contributed by atoms with E-state index in [4.69, 9.17) is 4.74 Å². The van der Waals surface area contributed by atoms with Gasteiger partial charge in [-0.1, -0.05) is 18.2 Å². The third kappa shape index (κ3) is 3.15. The molecule has 2 aromatic carbocycles. The molecule has 0 aliphatic heterocycles. The minimum Gasteiger partial charge on any atom is -0.497 e. The Kier molecular flexibility index (Phi) is 4.35. The number of Topliss-reactive ketones (excluding diaryl/α,β-unsaturated/α-hetero) is 1. The summed E-state index contributed by atoms with van der Waals surface area (Å²) in [5, 5.41) is 0. The van der Waals surface area contributed by atoms with E-state index in [1.165, 1.54) is 12.1 Å². The van der Waals surface area contributed by atoms with Crippen molar-refractivity contribution in [3.63, 3.8) is 0 Å². The average molecular weight is 273 g/mol. The zero-order chi connectivity index (χ0) is 14.5. The molecule has 0 heterocycles. The molecule has 0 atom stereocenters. The van der Waals surface area contributed by atoms with Gasteiger partial charge in [0.15, 0.2) is 5.78 Å². The van der Waals surface area contributed by atoms with Gasteiger partial charge in [0.2, 0.25) is 0 Å². The second kappa shape index (κ2) is 6.19. The van der Waals surface area contributed by atoms with Crippen LogP contribution in [0.25, 0.3) is 0 Å². The van der Waals surface area contributed by atoms with Gasteiger partial charge in [-0.15, -0.1) is 0 Å². The van der Waals surface area contributed by atoms with E-state index in [0.717, 1.165) is 5.69 Å². The second-order valence-electron chi connectivity index (χ2n) is 4.46. The molecule has 2 aromatic rings. The molecule has 104 valence electrons. The van der Waals surface area contributed by atoms with Crippen LogP contribution in [0.15, 0.2) is 48.5 Å². The fraction of sp³-hybridized carbons (Fsp3) is 0.188. The lowest BCUT2D eigenvalue weighted by molar-refractivity contribution is 0.0996. The third-order valence-electron chi connectivity index (χ3n) is 3.05. The van der Waals surface area contributed by atoms with Gasteiger partial charge in [-0.25, -0.2) is 4.39 Å². The minimum absolute atomic E-state index is 0.105. The molecule has 0 bridgehead atoms. The Bertz CT molecular complexity index is 613. The van der Waals surface area contributed by atoms with Gasteiger partial charge in [0.25, 0.3) is 0 Å². The number of halogens is 1. The van der Waals surface area contributed by atoms with Gasteiger partial charge in [0.1, 0.15) is 11.6 Å². The molecule has 0 aliphatic rings. The lowest BCUT2D eigenvalue weighted by atomic mass is 10.1. The fourth-order valence-corrected chi connectivity index (χ4v) is 1.93. The smallest absolute Gasteiger partial charge is 0.185 e. The number of hydrogen-bond donors (Lipinski definition) is 0. The third-order valence-corrected chi connectivity index (χ3v) is 3.05. The van der Waals surface area contributed by atoms with Crippen LogP contribution in [0.5, 0.6) is 5.75 Å². The lowest BCUT2D eigenvalue weighted by Gasteiger charge is -2.19. The molecular weight excluding hydrogens is 257 g/mol. The van der Waals surface area contributed by atoms with Crippen molar-refractivity contribution >= 4 is 11.5 Å². The summed E-state index contributed by atoms with van der Waals surface area (Å²) in [7, 11) is 3.37. The molecule has 0 saturated heterocycles. The molecule has 0 N–H and O–H groups in total. The summed E-state index contributed by atoms with van der Waals surface area (Å²) >= 11 is 0. The summed E-state index contributed by atoms with van der Waals surface area (Å²) in [6.45, 7) is 0.105. The van der Waals surface area contributed by atoms with Gasteiger partial charge in [-0.2, -0.15) is 0 Å². The van der Waals surface area contributed by atoms with E-state index in [0.29, 0.717) is 5.75 Å². The number of hydrogen-bond acceptors (Lipinski definition) is 3. The number of anilines is 1. The van der Waals surface area contributed by atoms with Gasteiger partial charge in [-0.05, 0) is 24.3 Å². The number of benzene rings is 2. The number of ether oxygens (including phenoxy) is 1. The Morgan fingerprint density at radius 2 is 1.95 bits per heavy atom. The molecule has 0 amide bonds. The SMILES string of the molecule is COc1cccc(N(C)CC(=O)c2ccccc2F)c1. The van der Waals surface area contributed by atoms with E-state index in [1.54, 1.807) is 31.2 Å². The van der Waals surface area contributed by atoms with E-state index >= 15 is 0 Å². The van der Waals surface area contributed by atoms with Crippen molar-refractivity contribution in [2.24, 2.45) is 0 Å². The molecule has 20 heavy (non-hydrogen) atoms. The number of methoxy groups -OCH3 is 1. The summed E-state index contributed by atoms with van der Waals surface area (Å²) in [6, 6.07) is 13.4. The number of rotatable bonds is 5. The maximum absolute atomic E-state index is 13.6. The molecule has 0 radical (unpaired) electrons. The van der Waals surface area contributed by atoms with E-state index in [1.807, 2.05) is 24.3 Å². The quantitative estimate of drug-likeness (QED) is 0.784. The first-order chi connectivity index (χ1) is 9.61. The van der Waals surface area contributed by atoms with Crippen molar-refractivity contribution in [1.82, 2.24) is 0 Å². The van der Waals surface area contributed by atoms with Crippen LogP contribution < -0.4 is 9.64 Å². The predicted octanol–water partition coefficient (Wildman–Crippen LogP) is 3.15. The molecule has 2 rings (SSSR count). The Hall–Kier alpha value is -2.36. The van der Waals surface area contributed by atoms with Gasteiger partial charge >= 0.3 is 0 Å². The predicted molar refractivity (Wildman–Crippen MR) is 77.0 cm³/mol. The standard InChI is InChI=1S/C16H16FNO2/c1-18(12-6-5-7-13(10-12)20-2)11-16(19)14-8-3-4-9-15(14)17/h3-10H,11H2,1-2H3. The zero-order valence-corrected chi connectivity index (χ0v) is 11.5. The van der Waals surface area contributed by atoms with Crippen molar-refractivity contribution in [3.8, 4) is 5.75 Å². The van der Waals surface area contributed by atoms with Crippen molar-refractivity contribution < 1.29 is 13.9 Å². The van der Waals surface area contributed by atoms with E-state index in [9.17, 15) is 9.18 Å². The summed E-state index contributed by atoms with van der Waals surface area (Å²) in [5.41, 5.74) is 0.955. The van der Waals surface area contributed by atoms with E-state index in [-0.39, 0.29) is 17.9 Å². The molecule has 0 unspecified atom stereocenters. The Morgan fingerprint density at radius 3 is 2.65 bits per heavy atom. The van der Waals surface area contributed by atoms with Crippen LogP contribution in [0.2, 0.25) is 0 Å². The van der Waals surface area contributed by atoms with Gasteiger partial charge in [-0.3, -0.25) is 4.79 Å². The molecular formula is C16H16FNO2. The number of carbonyl (C=O) groups excluding carboxylic acids is 1. The highest BCUT2D eigenvalue weighted by atomic mass is 19.1. The highest BCUT2D eigenvalue weighted by Crippen LogP contribution is 2.20. The van der Waals surface area contributed by atoms with Crippen molar-refractivity contribution in [2.45, 2.75) is 0 Å². The molecule has 3 nitrogen and oxygen atoms in total. The largest absolute Gasteiger partial charge is 0.497 e. The maximum Gasteiger partial charge on any atom is 0.185 e. The first-order valence-electron chi connectivity index (χ1n) is 6.24. The Labute approximate surface area is 117 Å². The molecule has 0 aromatic heterocycles. The number of carbonyl (C=O) groups is 1. The Balaban J connectivity index is 2.13. The van der Waals surface area contributed by atoms with Crippen molar-refractivity contribution in [2.75, 3.05) is 25.6 Å². The van der Waals surface area contributed by atoms with Crippen LogP contribution in [-0.2, 0) is 0 Å². The average Bonchev–Trinajstić information content (AvgIpc) is 2.47. The first-order valence-corrected chi connectivity index (χ1v) is 6.24. The summed E-state index contributed by atoms with van der Waals surface area (Å²) in [5.74, 6) is -0.0300. The van der Waals surface area contributed by atoms with Crippen molar-refractivity contribution in [3.05, 3.63) is 59.9 Å². The van der Waals surface area contributed by atoms with Crippen molar-refractivity contribution in [1.29, 1.82) is 0 Å². The zero-order valence-electron chi connectivity index (χ0n) is 11.5. The monoisotopic (exact) mass is 273 g/mol. The number of nitrogens with zero attached hydrogens (tertiary/aromatic N) is 1. The van der Waals surface area contributed by atoms with Gasteiger partial charge in [0, 0.05) is 18.8 Å². The number of likely N-dealkylation sites (N-methyl/N-ethyl adjacent to an activating group) is 1. The van der Waals surface area contributed by atoms with E-state index < -0.39 is 5.82 Å². The first kappa shape index (κ1) is 14.1. The molecule has 0 aliphatic carbocycles. The highest BCUT2D eigenvalue weighted by molar-refractivity contribution is 5.99. The molecule has 4 heteroatoms. The Morgan fingerprint density at radius 1 is 1.20 bits per heavy atom. The van der Waals surface area contributed by atoms with Gasteiger partial charge < -0.3 is 9.64 Å². The highest BCUT2D eigenvalue weighted by Gasteiger charge is 2.13.